The summed E-state index contributed by atoms with van der Waals surface area (Å²) in [6, 6.07) is 22.9. The number of hydrogen-bond donors (Lipinski definition) is 2. The van der Waals surface area contributed by atoms with E-state index in [0.717, 1.165) is 9.91 Å². The minimum atomic E-state index is -1.65. The van der Waals surface area contributed by atoms with Crippen LogP contribution in [0.2, 0.25) is 5.02 Å². The number of hydrazine groups is 1. The maximum Gasteiger partial charge on any atom is 0.260 e. The van der Waals surface area contributed by atoms with Gasteiger partial charge in [-0.05, 0) is 98.0 Å². The van der Waals surface area contributed by atoms with E-state index < -0.39 is 64.5 Å². The molecule has 4 aromatic carbocycles. The molecule has 1 saturated carbocycles. The number of amides is 4. The number of halogens is 2. The molecule has 12 heteroatoms. The number of ether oxygens (including phenoxy) is 1. The molecule has 2 aliphatic heterocycles. The first-order valence-corrected chi connectivity index (χ1v) is 17.6. The van der Waals surface area contributed by atoms with Gasteiger partial charge in [-0.3, -0.25) is 34.3 Å². The molecule has 8 rings (SSSR count). The highest BCUT2D eigenvalue weighted by molar-refractivity contribution is 6.30. The number of anilines is 2. The molecule has 6 unspecified atom stereocenters. The van der Waals surface area contributed by atoms with E-state index in [4.69, 9.17) is 16.3 Å². The van der Waals surface area contributed by atoms with E-state index in [1.165, 1.54) is 44.4 Å². The Labute approximate surface area is 308 Å². The predicted molar refractivity (Wildman–Crippen MR) is 193 cm³/mol. The van der Waals surface area contributed by atoms with Crippen molar-refractivity contribution in [1.29, 1.82) is 0 Å². The number of rotatable bonds is 7. The maximum absolute atomic E-state index is 15.2. The molecule has 0 bridgehead atoms. The molecule has 2 aliphatic carbocycles. The lowest BCUT2D eigenvalue weighted by Crippen LogP contribution is -2.53. The van der Waals surface area contributed by atoms with Crippen LogP contribution in [0.1, 0.15) is 47.2 Å². The lowest BCUT2D eigenvalue weighted by molar-refractivity contribution is -0.138. The maximum atomic E-state index is 15.2. The van der Waals surface area contributed by atoms with E-state index in [9.17, 15) is 28.7 Å². The molecule has 2 N–H and O–H groups in total. The summed E-state index contributed by atoms with van der Waals surface area (Å²) in [5.41, 5.74) is 3.77. The van der Waals surface area contributed by atoms with Crippen molar-refractivity contribution in [3.8, 4) is 11.5 Å². The number of imide groups is 2. The molecule has 53 heavy (non-hydrogen) atoms. The molecule has 6 atom stereocenters. The van der Waals surface area contributed by atoms with Crippen LogP contribution in [0.5, 0.6) is 11.5 Å². The normalized spacial score (nSPS) is 26.2. The zero-order valence-electron chi connectivity index (χ0n) is 28.6. The minimum Gasteiger partial charge on any atom is -0.508 e. The minimum absolute atomic E-state index is 0.0331. The van der Waals surface area contributed by atoms with Gasteiger partial charge in [0.25, 0.3) is 11.8 Å². The van der Waals surface area contributed by atoms with E-state index in [1.807, 2.05) is 6.08 Å². The summed E-state index contributed by atoms with van der Waals surface area (Å²) in [6.07, 6.45) is 2.10. The van der Waals surface area contributed by atoms with Crippen LogP contribution < -0.4 is 15.1 Å². The van der Waals surface area contributed by atoms with Gasteiger partial charge in [0.15, 0.2) is 5.78 Å². The topological polar surface area (TPSA) is 133 Å². The molecule has 268 valence electrons. The molecule has 4 amide bonds. The van der Waals surface area contributed by atoms with Crippen LogP contribution in [0.15, 0.2) is 103 Å². The van der Waals surface area contributed by atoms with Gasteiger partial charge in [0.2, 0.25) is 11.8 Å². The predicted octanol–water partition coefficient (Wildman–Crippen LogP) is 6.59. The van der Waals surface area contributed by atoms with Crippen molar-refractivity contribution in [2.24, 2.45) is 23.7 Å². The first kappa shape index (κ1) is 34.3. The highest BCUT2D eigenvalue weighted by Gasteiger charge is 2.70. The number of Topliss-reactive ketones (excluding diaryl/α,β-unsaturated/α-hetero) is 1. The number of phenols is 1. The SMILES string of the molecule is COc1ccc(C2C3=CCC4C(=O)N(c5ccc(C(C)=O)cc5)C(=O)C4C3CC3C(=O)N(Nc4ccc(F)cc4)C(=O)C32c2ccc(Cl)cc2)c(O)c1. The van der Waals surface area contributed by atoms with Gasteiger partial charge in [-0.2, -0.15) is 5.01 Å². The third kappa shape index (κ3) is 5.16. The van der Waals surface area contributed by atoms with Crippen molar-refractivity contribution in [3.05, 3.63) is 130 Å². The van der Waals surface area contributed by atoms with Crippen LogP contribution in [0.25, 0.3) is 0 Å². The second-order valence-corrected chi connectivity index (χ2v) is 14.3. The zero-order chi connectivity index (χ0) is 37.3. The number of methoxy groups -OCH3 is 1. The smallest absolute Gasteiger partial charge is 0.260 e. The number of ketones is 1. The molecular weight excluding hydrogens is 701 g/mol. The van der Waals surface area contributed by atoms with E-state index in [1.54, 1.807) is 60.7 Å². The molecule has 4 aliphatic rings. The third-order valence-electron chi connectivity index (χ3n) is 11.3. The highest BCUT2D eigenvalue weighted by atomic mass is 35.5. The number of allylic oxidation sites excluding steroid dienone is 2. The Kier molecular flexibility index (Phi) is 8.21. The van der Waals surface area contributed by atoms with Crippen molar-refractivity contribution in [2.45, 2.75) is 31.1 Å². The number of aromatic hydroxyl groups is 1. The summed E-state index contributed by atoms with van der Waals surface area (Å²) in [5.74, 6) is -6.85. The standard InChI is InChI=1S/C41H33ClFN3O7/c1-21(47)22-3-13-27(14-4-22)45-37(49)31-18-17-29-32(35(31)39(45)51)20-33-38(50)46(44-26-11-9-25(43)10-12-26)40(52)41(33,23-5-7-24(42)8-6-23)36(29)30-16-15-28(53-2)19-34(30)48/h3-17,19,31-33,35-36,44,48H,18,20H2,1-2H3. The van der Waals surface area contributed by atoms with Gasteiger partial charge in [-0.15, -0.1) is 0 Å². The number of nitrogens with one attached hydrogen (secondary N) is 1. The Hall–Kier alpha value is -5.81. The second kappa shape index (κ2) is 12.7. The van der Waals surface area contributed by atoms with Crippen LogP contribution in [-0.4, -0.2) is 46.6 Å². The van der Waals surface area contributed by atoms with Crippen molar-refractivity contribution in [3.63, 3.8) is 0 Å². The van der Waals surface area contributed by atoms with Crippen molar-refractivity contribution >= 4 is 52.4 Å². The lowest BCUT2D eigenvalue weighted by atomic mass is 9.49. The first-order chi connectivity index (χ1) is 25.4. The van der Waals surface area contributed by atoms with Crippen molar-refractivity contribution in [1.82, 2.24) is 5.01 Å². The Balaban J connectivity index is 1.31. The summed E-state index contributed by atoms with van der Waals surface area (Å²) in [7, 11) is 1.46. The number of phenolic OH excluding ortho intramolecular Hbond substituents is 1. The Morgan fingerprint density at radius 2 is 1.60 bits per heavy atom. The van der Waals surface area contributed by atoms with Gasteiger partial charge >= 0.3 is 0 Å². The van der Waals surface area contributed by atoms with Gasteiger partial charge in [0, 0.05) is 28.1 Å². The summed E-state index contributed by atoms with van der Waals surface area (Å²) in [5, 5.41) is 13.0. The molecule has 2 saturated heterocycles. The van der Waals surface area contributed by atoms with E-state index in [-0.39, 0.29) is 24.4 Å². The Bertz CT molecular complexity index is 2240. The fraction of sp³-hybridized carbons (Fsp3) is 0.244. The summed E-state index contributed by atoms with van der Waals surface area (Å²) in [4.78, 5) is 71.6. The van der Waals surface area contributed by atoms with Gasteiger partial charge in [0.1, 0.15) is 17.3 Å². The number of hydrogen-bond acceptors (Lipinski definition) is 8. The van der Waals surface area contributed by atoms with Crippen molar-refractivity contribution in [2.75, 3.05) is 17.4 Å². The van der Waals surface area contributed by atoms with Crippen LogP contribution in [-0.2, 0) is 24.6 Å². The molecule has 0 radical (unpaired) electrons. The quantitative estimate of drug-likeness (QED) is 0.124. The highest BCUT2D eigenvalue weighted by Crippen LogP contribution is 2.65. The fourth-order valence-corrected chi connectivity index (χ4v) is 9.12. The lowest BCUT2D eigenvalue weighted by Gasteiger charge is -2.50. The largest absolute Gasteiger partial charge is 0.508 e. The average Bonchev–Trinajstić information content (AvgIpc) is 3.53. The molecule has 2 heterocycles. The Morgan fingerprint density at radius 1 is 0.906 bits per heavy atom. The monoisotopic (exact) mass is 733 g/mol. The zero-order valence-corrected chi connectivity index (χ0v) is 29.3. The second-order valence-electron chi connectivity index (χ2n) is 13.9. The van der Waals surface area contributed by atoms with Gasteiger partial charge < -0.3 is 9.84 Å². The molecule has 0 aromatic heterocycles. The van der Waals surface area contributed by atoms with Crippen LogP contribution in [0.3, 0.4) is 0 Å². The summed E-state index contributed by atoms with van der Waals surface area (Å²) < 4.78 is 19.2. The van der Waals surface area contributed by atoms with E-state index >= 15 is 4.79 Å². The molecular formula is C41H33ClFN3O7. The number of carbonyl (C=O) groups excluding carboxylic acids is 5. The van der Waals surface area contributed by atoms with Gasteiger partial charge in [-0.1, -0.05) is 41.4 Å². The first-order valence-electron chi connectivity index (χ1n) is 17.2. The van der Waals surface area contributed by atoms with E-state index in [0.29, 0.717) is 44.4 Å². The van der Waals surface area contributed by atoms with Gasteiger partial charge in [0.05, 0.1) is 41.7 Å². The Morgan fingerprint density at radius 3 is 2.25 bits per heavy atom. The summed E-state index contributed by atoms with van der Waals surface area (Å²) >= 11 is 6.35. The number of fused-ring (bicyclic) bond motifs is 4. The third-order valence-corrected chi connectivity index (χ3v) is 11.6. The van der Waals surface area contributed by atoms with Crippen LogP contribution in [0.4, 0.5) is 15.8 Å². The van der Waals surface area contributed by atoms with Crippen LogP contribution >= 0.6 is 11.6 Å². The van der Waals surface area contributed by atoms with Gasteiger partial charge in [-0.25, -0.2) is 4.39 Å². The average molecular weight is 734 g/mol. The molecule has 3 fully saturated rings. The molecule has 4 aromatic rings. The van der Waals surface area contributed by atoms with Crippen LogP contribution in [0, 0.1) is 29.5 Å². The van der Waals surface area contributed by atoms with E-state index in [2.05, 4.69) is 5.43 Å². The fourth-order valence-electron chi connectivity index (χ4n) is 8.99. The molecule has 0 spiro atoms. The number of carbonyl (C=O) groups is 5. The number of benzene rings is 4. The summed E-state index contributed by atoms with van der Waals surface area (Å²) in [6.45, 7) is 1.43. The van der Waals surface area contributed by atoms with Crippen molar-refractivity contribution < 1.29 is 38.2 Å². The number of nitrogens with zero attached hydrogens (tertiary/aromatic N) is 2. The molecule has 10 nitrogen and oxygen atoms in total.